The zero-order valence-electron chi connectivity index (χ0n) is 10.3. The highest BCUT2D eigenvalue weighted by Gasteiger charge is 2.06. The van der Waals surface area contributed by atoms with Gasteiger partial charge in [-0.1, -0.05) is 23.4 Å². The van der Waals surface area contributed by atoms with E-state index < -0.39 is 0 Å². The first kappa shape index (κ1) is 12.5. The Kier molecular flexibility index (Phi) is 3.40. The molecule has 1 N–H and O–H groups in total. The topological polar surface area (TPSA) is 25.0 Å². The quantitative estimate of drug-likeness (QED) is 0.735. The molecular formula is C15H12ClNOS. The molecule has 0 saturated heterocycles. The van der Waals surface area contributed by atoms with Crippen molar-refractivity contribution in [1.82, 2.24) is 4.98 Å². The number of hydrogen-bond donors (Lipinski definition) is 1. The summed E-state index contributed by atoms with van der Waals surface area (Å²) in [4.78, 5) is 5.61. The van der Waals surface area contributed by atoms with Gasteiger partial charge in [0.05, 0.1) is 7.11 Å². The Labute approximate surface area is 120 Å². The molecule has 0 fully saturated rings. The molecule has 0 aliphatic carbocycles. The summed E-state index contributed by atoms with van der Waals surface area (Å²) < 4.78 is 5.27. The number of hydrogen-bond acceptors (Lipinski definition) is 2. The highest BCUT2D eigenvalue weighted by molar-refractivity contribution is 7.99. The number of ether oxygens (including phenoxy) is 1. The van der Waals surface area contributed by atoms with E-state index in [1.807, 2.05) is 48.7 Å². The third-order valence-electron chi connectivity index (χ3n) is 2.89. The maximum absolute atomic E-state index is 5.90. The van der Waals surface area contributed by atoms with Crippen LogP contribution in [0.4, 0.5) is 0 Å². The molecular weight excluding hydrogens is 278 g/mol. The van der Waals surface area contributed by atoms with Crippen molar-refractivity contribution in [2.24, 2.45) is 0 Å². The van der Waals surface area contributed by atoms with Gasteiger partial charge in [0.25, 0.3) is 0 Å². The molecule has 0 aliphatic rings. The minimum absolute atomic E-state index is 0.755. The molecule has 0 unspecified atom stereocenters. The van der Waals surface area contributed by atoms with Gasteiger partial charge in [0.2, 0.25) is 0 Å². The number of aromatic amines is 1. The van der Waals surface area contributed by atoms with Crippen LogP contribution in [-0.4, -0.2) is 12.1 Å². The van der Waals surface area contributed by atoms with Gasteiger partial charge in [0.15, 0.2) is 0 Å². The highest BCUT2D eigenvalue weighted by atomic mass is 35.5. The standard InChI is InChI=1S/C15H12ClNOS/c1-18-11-4-7-14-13(8-11)15(9-17-14)19-12-5-2-10(16)3-6-12/h2-9,17H,1H3. The van der Waals surface area contributed by atoms with E-state index in [0.717, 1.165) is 21.2 Å². The molecule has 0 radical (unpaired) electrons. The molecule has 19 heavy (non-hydrogen) atoms. The molecule has 0 atom stereocenters. The molecule has 3 rings (SSSR count). The van der Waals surface area contributed by atoms with Crippen molar-refractivity contribution in [3.63, 3.8) is 0 Å². The molecule has 96 valence electrons. The number of H-pyrrole nitrogens is 1. The van der Waals surface area contributed by atoms with Crippen LogP contribution in [0.15, 0.2) is 58.5 Å². The number of rotatable bonds is 3. The second kappa shape index (κ2) is 5.19. The van der Waals surface area contributed by atoms with E-state index in [1.54, 1.807) is 18.9 Å². The minimum atomic E-state index is 0.755. The van der Waals surface area contributed by atoms with E-state index in [0.29, 0.717) is 0 Å². The van der Waals surface area contributed by atoms with Gasteiger partial charge >= 0.3 is 0 Å². The van der Waals surface area contributed by atoms with Crippen molar-refractivity contribution in [1.29, 1.82) is 0 Å². The van der Waals surface area contributed by atoms with Crippen molar-refractivity contribution in [2.45, 2.75) is 9.79 Å². The molecule has 4 heteroatoms. The minimum Gasteiger partial charge on any atom is -0.497 e. The first-order valence-electron chi connectivity index (χ1n) is 5.85. The lowest BCUT2D eigenvalue weighted by Gasteiger charge is -2.02. The van der Waals surface area contributed by atoms with E-state index in [9.17, 15) is 0 Å². The summed E-state index contributed by atoms with van der Waals surface area (Å²) in [5.41, 5.74) is 1.11. The third-order valence-corrected chi connectivity index (χ3v) is 4.21. The van der Waals surface area contributed by atoms with Crippen LogP contribution in [0.5, 0.6) is 5.75 Å². The molecule has 0 spiro atoms. The van der Waals surface area contributed by atoms with Gasteiger partial charge in [-0.25, -0.2) is 0 Å². The van der Waals surface area contributed by atoms with Gasteiger partial charge in [-0.05, 0) is 42.5 Å². The second-order valence-electron chi connectivity index (χ2n) is 4.12. The van der Waals surface area contributed by atoms with Crippen molar-refractivity contribution < 1.29 is 4.74 Å². The smallest absolute Gasteiger partial charge is 0.119 e. The molecule has 0 bridgehead atoms. The molecule has 0 aliphatic heterocycles. The van der Waals surface area contributed by atoms with E-state index in [4.69, 9.17) is 16.3 Å². The van der Waals surface area contributed by atoms with E-state index in [2.05, 4.69) is 4.98 Å². The predicted octanol–water partition coefficient (Wildman–Crippen LogP) is 4.98. The van der Waals surface area contributed by atoms with Crippen LogP contribution in [0.1, 0.15) is 0 Å². The maximum atomic E-state index is 5.90. The fourth-order valence-electron chi connectivity index (χ4n) is 1.92. The number of nitrogens with one attached hydrogen (secondary N) is 1. The zero-order valence-corrected chi connectivity index (χ0v) is 11.9. The third kappa shape index (κ3) is 2.57. The van der Waals surface area contributed by atoms with Crippen LogP contribution in [0.3, 0.4) is 0 Å². The van der Waals surface area contributed by atoms with Gasteiger partial charge in [-0.2, -0.15) is 0 Å². The van der Waals surface area contributed by atoms with Crippen LogP contribution in [0.2, 0.25) is 5.02 Å². The molecule has 1 aromatic heterocycles. The molecule has 2 aromatic carbocycles. The molecule has 3 aromatic rings. The SMILES string of the molecule is COc1ccc2[nH]cc(Sc3ccc(Cl)cc3)c2c1. The summed E-state index contributed by atoms with van der Waals surface area (Å²) in [6.45, 7) is 0. The monoisotopic (exact) mass is 289 g/mol. The number of fused-ring (bicyclic) bond motifs is 1. The first-order chi connectivity index (χ1) is 9.26. The van der Waals surface area contributed by atoms with Crippen LogP contribution in [0, 0.1) is 0 Å². The molecule has 0 saturated carbocycles. The Morgan fingerprint density at radius 3 is 2.63 bits per heavy atom. The zero-order chi connectivity index (χ0) is 13.2. The van der Waals surface area contributed by atoms with E-state index in [1.165, 1.54) is 10.3 Å². The second-order valence-corrected chi connectivity index (χ2v) is 5.67. The van der Waals surface area contributed by atoms with E-state index >= 15 is 0 Å². The molecule has 2 nitrogen and oxygen atoms in total. The van der Waals surface area contributed by atoms with Gasteiger partial charge in [0.1, 0.15) is 5.75 Å². The summed E-state index contributed by atoms with van der Waals surface area (Å²) in [6, 6.07) is 13.9. The van der Waals surface area contributed by atoms with Crippen LogP contribution in [0.25, 0.3) is 10.9 Å². The Morgan fingerprint density at radius 2 is 1.89 bits per heavy atom. The Hall–Kier alpha value is -1.58. The van der Waals surface area contributed by atoms with Crippen molar-refractivity contribution >= 4 is 34.3 Å². The number of methoxy groups -OCH3 is 1. The van der Waals surface area contributed by atoms with Crippen LogP contribution >= 0.6 is 23.4 Å². The van der Waals surface area contributed by atoms with Gasteiger partial charge < -0.3 is 9.72 Å². The maximum Gasteiger partial charge on any atom is 0.119 e. The predicted molar refractivity (Wildman–Crippen MR) is 80.4 cm³/mol. The normalized spacial score (nSPS) is 10.8. The fourth-order valence-corrected chi connectivity index (χ4v) is 2.96. The van der Waals surface area contributed by atoms with Gasteiger partial charge in [-0.15, -0.1) is 0 Å². The largest absolute Gasteiger partial charge is 0.497 e. The van der Waals surface area contributed by atoms with Crippen molar-refractivity contribution in [3.8, 4) is 5.75 Å². The number of halogens is 1. The summed E-state index contributed by atoms with van der Waals surface area (Å²) >= 11 is 7.60. The van der Waals surface area contributed by atoms with Crippen LogP contribution in [-0.2, 0) is 0 Å². The van der Waals surface area contributed by atoms with E-state index in [-0.39, 0.29) is 0 Å². The van der Waals surface area contributed by atoms with Crippen molar-refractivity contribution in [3.05, 3.63) is 53.7 Å². The number of benzene rings is 2. The summed E-state index contributed by atoms with van der Waals surface area (Å²) in [7, 11) is 1.68. The fraction of sp³-hybridized carbons (Fsp3) is 0.0667. The Morgan fingerprint density at radius 1 is 1.11 bits per heavy atom. The lowest BCUT2D eigenvalue weighted by atomic mass is 10.2. The molecule has 0 amide bonds. The molecule has 1 heterocycles. The van der Waals surface area contributed by atoms with Crippen LogP contribution < -0.4 is 4.74 Å². The Balaban J connectivity index is 1.98. The Bertz CT molecular complexity index is 706. The highest BCUT2D eigenvalue weighted by Crippen LogP contribution is 2.35. The van der Waals surface area contributed by atoms with Gasteiger partial charge in [0, 0.05) is 31.9 Å². The first-order valence-corrected chi connectivity index (χ1v) is 7.04. The van der Waals surface area contributed by atoms with Gasteiger partial charge in [-0.3, -0.25) is 0 Å². The van der Waals surface area contributed by atoms with Crippen molar-refractivity contribution in [2.75, 3.05) is 7.11 Å². The average Bonchev–Trinajstić information content (AvgIpc) is 2.84. The lowest BCUT2D eigenvalue weighted by Crippen LogP contribution is -1.81. The average molecular weight is 290 g/mol. The lowest BCUT2D eigenvalue weighted by molar-refractivity contribution is 0.415. The summed E-state index contributed by atoms with van der Waals surface area (Å²) in [5, 5.41) is 1.92. The summed E-state index contributed by atoms with van der Waals surface area (Å²) in [5.74, 6) is 0.866. The number of aromatic nitrogens is 1. The summed E-state index contributed by atoms with van der Waals surface area (Å²) in [6.07, 6.45) is 2.02.